The average molecular weight is 330 g/mol. The molecule has 7 nitrogen and oxygen atoms in total. The van der Waals surface area contributed by atoms with Crippen LogP contribution in [0.4, 0.5) is 10.6 Å². The van der Waals surface area contributed by atoms with Gasteiger partial charge >= 0.3 is 12.1 Å². The minimum absolute atomic E-state index is 0.0213. The fraction of sp³-hybridized carbons (Fsp3) is 0.0833. The number of halogens is 2. The van der Waals surface area contributed by atoms with Gasteiger partial charge in [-0.3, -0.25) is 9.72 Å². The van der Waals surface area contributed by atoms with Crippen molar-refractivity contribution < 1.29 is 19.4 Å². The average Bonchev–Trinajstić information content (AvgIpc) is 2.76. The third kappa shape index (κ3) is 3.09. The molecule has 21 heavy (non-hydrogen) atoms. The number of aromatic carboxylic acids is 1. The van der Waals surface area contributed by atoms with E-state index in [-0.39, 0.29) is 33.8 Å². The molecule has 0 aliphatic heterocycles. The van der Waals surface area contributed by atoms with Gasteiger partial charge in [0.15, 0.2) is 17.2 Å². The fourth-order valence-corrected chi connectivity index (χ4v) is 2.12. The Morgan fingerprint density at radius 1 is 1.52 bits per heavy atom. The normalized spacial score (nSPS) is 10.4. The summed E-state index contributed by atoms with van der Waals surface area (Å²) < 4.78 is 6.01. The van der Waals surface area contributed by atoms with Crippen molar-refractivity contribution in [3.63, 3.8) is 0 Å². The molecule has 0 aliphatic carbocycles. The Hall–Kier alpha value is -2.25. The van der Waals surface area contributed by atoms with Crippen molar-refractivity contribution in [3.05, 3.63) is 40.7 Å². The number of ether oxygens (including phenoxy) is 1. The summed E-state index contributed by atoms with van der Waals surface area (Å²) in [7, 11) is 0. The van der Waals surface area contributed by atoms with Crippen LogP contribution in [-0.4, -0.2) is 33.2 Å². The van der Waals surface area contributed by atoms with E-state index in [4.69, 9.17) is 33.0 Å². The fourth-order valence-electron chi connectivity index (χ4n) is 1.61. The van der Waals surface area contributed by atoms with Gasteiger partial charge in [0.05, 0.1) is 10.0 Å². The Labute approximate surface area is 128 Å². The van der Waals surface area contributed by atoms with Crippen molar-refractivity contribution in [2.45, 2.75) is 0 Å². The SMILES string of the molecule is C=CCOC(=O)Nc1c(C(=O)O)nc2c(Cl)cc(Cl)cn12. The zero-order valence-electron chi connectivity index (χ0n) is 10.5. The molecular formula is C12H9Cl2N3O4. The van der Waals surface area contributed by atoms with Gasteiger partial charge in [-0.05, 0) is 6.07 Å². The molecule has 1 amide bonds. The molecule has 0 saturated carbocycles. The maximum Gasteiger partial charge on any atom is 0.413 e. The van der Waals surface area contributed by atoms with Crippen LogP contribution in [-0.2, 0) is 4.74 Å². The van der Waals surface area contributed by atoms with Crippen LogP contribution in [0.1, 0.15) is 10.5 Å². The van der Waals surface area contributed by atoms with Crippen molar-refractivity contribution in [2.75, 3.05) is 11.9 Å². The van der Waals surface area contributed by atoms with Gasteiger partial charge in [0.25, 0.3) is 0 Å². The molecule has 0 atom stereocenters. The van der Waals surface area contributed by atoms with E-state index in [1.54, 1.807) is 0 Å². The molecule has 2 N–H and O–H groups in total. The molecule has 0 aliphatic rings. The van der Waals surface area contributed by atoms with E-state index in [1.165, 1.54) is 22.7 Å². The lowest BCUT2D eigenvalue weighted by Gasteiger charge is -2.06. The molecule has 0 spiro atoms. The maximum atomic E-state index is 11.6. The van der Waals surface area contributed by atoms with Crippen molar-refractivity contribution in [1.29, 1.82) is 0 Å². The standard InChI is InChI=1S/C12H9Cl2N3O4/c1-2-3-21-12(20)16-10-8(11(18)19)15-9-7(14)4-6(13)5-17(9)10/h2,4-5H,1,3H2,(H,16,20)(H,18,19). The van der Waals surface area contributed by atoms with Crippen molar-refractivity contribution >= 4 is 46.7 Å². The topological polar surface area (TPSA) is 92.9 Å². The van der Waals surface area contributed by atoms with Gasteiger partial charge < -0.3 is 9.84 Å². The summed E-state index contributed by atoms with van der Waals surface area (Å²) in [6, 6.07) is 1.41. The zero-order valence-corrected chi connectivity index (χ0v) is 12.0. The van der Waals surface area contributed by atoms with Gasteiger partial charge in [0.1, 0.15) is 6.61 Å². The summed E-state index contributed by atoms with van der Waals surface area (Å²) >= 11 is 11.8. The Morgan fingerprint density at radius 3 is 2.86 bits per heavy atom. The summed E-state index contributed by atoms with van der Waals surface area (Å²) in [6.07, 6.45) is 1.90. The molecule has 2 heterocycles. The second kappa shape index (κ2) is 6.02. The first kappa shape index (κ1) is 15.1. The van der Waals surface area contributed by atoms with Gasteiger partial charge in [-0.1, -0.05) is 35.9 Å². The van der Waals surface area contributed by atoms with Gasteiger partial charge in [-0.15, -0.1) is 0 Å². The van der Waals surface area contributed by atoms with E-state index < -0.39 is 12.1 Å². The van der Waals surface area contributed by atoms with Crippen LogP contribution in [0.5, 0.6) is 0 Å². The van der Waals surface area contributed by atoms with Gasteiger partial charge in [0, 0.05) is 6.20 Å². The minimum atomic E-state index is -1.33. The molecule has 0 unspecified atom stereocenters. The van der Waals surface area contributed by atoms with Crippen LogP contribution >= 0.6 is 23.2 Å². The number of nitrogens with one attached hydrogen (secondary N) is 1. The largest absolute Gasteiger partial charge is 0.476 e. The van der Waals surface area contributed by atoms with Gasteiger partial charge in [-0.2, -0.15) is 0 Å². The number of hydrogen-bond donors (Lipinski definition) is 2. The Morgan fingerprint density at radius 2 is 2.24 bits per heavy atom. The smallest absolute Gasteiger partial charge is 0.413 e. The molecule has 2 rings (SSSR count). The number of carboxylic acid groups (broad SMARTS) is 1. The lowest BCUT2D eigenvalue weighted by Crippen LogP contribution is -2.17. The molecule has 0 bridgehead atoms. The Balaban J connectivity index is 2.53. The van der Waals surface area contributed by atoms with Crippen LogP contribution < -0.4 is 5.32 Å². The number of carboxylic acids is 1. The van der Waals surface area contributed by atoms with Crippen molar-refractivity contribution in [3.8, 4) is 0 Å². The highest BCUT2D eigenvalue weighted by Gasteiger charge is 2.22. The van der Waals surface area contributed by atoms with E-state index in [9.17, 15) is 9.59 Å². The lowest BCUT2D eigenvalue weighted by atomic mass is 10.4. The monoisotopic (exact) mass is 329 g/mol. The second-order valence-corrected chi connectivity index (χ2v) is 4.67. The van der Waals surface area contributed by atoms with E-state index >= 15 is 0 Å². The van der Waals surface area contributed by atoms with E-state index in [0.717, 1.165) is 0 Å². The molecule has 0 fully saturated rings. The molecule has 2 aromatic heterocycles. The Kier molecular flexibility index (Phi) is 4.35. The number of pyridine rings is 1. The number of fused-ring (bicyclic) bond motifs is 1. The van der Waals surface area contributed by atoms with Crippen LogP contribution in [0.3, 0.4) is 0 Å². The highest BCUT2D eigenvalue weighted by Crippen LogP contribution is 2.27. The molecule has 9 heteroatoms. The Bertz CT molecular complexity index is 742. The number of amides is 1. The second-order valence-electron chi connectivity index (χ2n) is 3.83. The van der Waals surface area contributed by atoms with Crippen LogP contribution in [0.2, 0.25) is 10.0 Å². The molecular weight excluding hydrogens is 321 g/mol. The summed E-state index contributed by atoms with van der Waals surface area (Å²) in [4.78, 5) is 26.7. The first-order valence-corrected chi connectivity index (χ1v) is 6.34. The number of carbonyl (C=O) groups is 2. The van der Waals surface area contributed by atoms with Gasteiger partial charge in [-0.25, -0.2) is 14.6 Å². The number of nitrogens with zero attached hydrogens (tertiary/aromatic N) is 2. The van der Waals surface area contributed by atoms with Crippen LogP contribution in [0, 0.1) is 0 Å². The number of anilines is 1. The minimum Gasteiger partial charge on any atom is -0.476 e. The summed E-state index contributed by atoms with van der Waals surface area (Å²) in [6.45, 7) is 3.38. The molecule has 2 aromatic rings. The summed E-state index contributed by atoms with van der Waals surface area (Å²) in [5.74, 6) is -1.43. The predicted molar refractivity (Wildman–Crippen MR) is 77.3 cm³/mol. The maximum absolute atomic E-state index is 11.6. The number of aromatic nitrogens is 2. The third-order valence-corrected chi connectivity index (χ3v) is 2.88. The summed E-state index contributed by atoms with van der Waals surface area (Å²) in [5, 5.41) is 11.9. The van der Waals surface area contributed by atoms with E-state index in [2.05, 4.69) is 16.9 Å². The third-order valence-electron chi connectivity index (χ3n) is 2.40. The van der Waals surface area contributed by atoms with Gasteiger partial charge in [0.2, 0.25) is 0 Å². The number of imidazole rings is 1. The molecule has 0 radical (unpaired) electrons. The first-order valence-electron chi connectivity index (χ1n) is 5.59. The zero-order chi connectivity index (χ0) is 15.6. The highest BCUT2D eigenvalue weighted by molar-refractivity contribution is 6.36. The number of hydrogen-bond acceptors (Lipinski definition) is 4. The van der Waals surface area contributed by atoms with E-state index in [1.807, 2.05) is 0 Å². The predicted octanol–water partition coefficient (Wildman–Crippen LogP) is 3.07. The van der Waals surface area contributed by atoms with Crippen LogP contribution in [0.15, 0.2) is 24.9 Å². The first-order chi connectivity index (χ1) is 9.93. The molecule has 0 aromatic carbocycles. The lowest BCUT2D eigenvalue weighted by molar-refractivity contribution is 0.0692. The summed E-state index contributed by atoms with van der Waals surface area (Å²) in [5.41, 5.74) is -0.229. The van der Waals surface area contributed by atoms with E-state index in [0.29, 0.717) is 0 Å². The quantitative estimate of drug-likeness (QED) is 0.841. The van der Waals surface area contributed by atoms with Crippen molar-refractivity contribution in [2.24, 2.45) is 0 Å². The molecule has 0 saturated heterocycles. The highest BCUT2D eigenvalue weighted by atomic mass is 35.5. The van der Waals surface area contributed by atoms with Crippen molar-refractivity contribution in [1.82, 2.24) is 9.38 Å². The number of rotatable bonds is 4. The molecule has 110 valence electrons. The van der Waals surface area contributed by atoms with Crippen LogP contribution in [0.25, 0.3) is 5.65 Å². The number of carbonyl (C=O) groups excluding carboxylic acids is 1.